The minimum atomic E-state index is 0.535. The first kappa shape index (κ1) is 7.94. The number of rotatable bonds is 1. The second kappa shape index (κ2) is 2.78. The molecule has 0 bridgehead atoms. The van der Waals surface area contributed by atoms with E-state index < -0.39 is 0 Å². The number of nitrogens with zero attached hydrogens (tertiary/aromatic N) is 3. The maximum absolute atomic E-state index is 4.23. The summed E-state index contributed by atoms with van der Waals surface area (Å²) in [6.45, 7) is 4.11. The molecule has 0 aromatic carbocycles. The summed E-state index contributed by atoms with van der Waals surface area (Å²) in [5, 5.41) is 11.6. The topological polar surface area (TPSA) is 42.2 Å². The molecule has 0 spiro atoms. The van der Waals surface area contributed by atoms with Crippen molar-refractivity contribution in [1.82, 2.24) is 19.9 Å². The highest BCUT2D eigenvalue weighted by Crippen LogP contribution is 2.18. The lowest BCUT2D eigenvalue weighted by Crippen LogP contribution is -2.40. The number of nitrogens with one attached hydrogen (secondary N) is 1. The van der Waals surface area contributed by atoms with Gasteiger partial charge in [0.2, 0.25) is 0 Å². The molecule has 4 nitrogen and oxygen atoms in total. The van der Waals surface area contributed by atoms with Crippen molar-refractivity contribution in [3.63, 3.8) is 0 Å². The third kappa shape index (κ3) is 1.04. The average molecular weight is 188 g/mol. The number of aryl methyl sites for hydroxylation is 1. The molecule has 1 N–H and O–H groups in total. The van der Waals surface area contributed by atoms with E-state index in [4.69, 9.17) is 0 Å². The van der Waals surface area contributed by atoms with Crippen molar-refractivity contribution in [3.05, 3.63) is 29.7 Å². The van der Waals surface area contributed by atoms with E-state index in [0.29, 0.717) is 5.92 Å². The Morgan fingerprint density at radius 3 is 3.00 bits per heavy atom. The van der Waals surface area contributed by atoms with Crippen LogP contribution in [0, 0.1) is 6.92 Å². The van der Waals surface area contributed by atoms with Crippen molar-refractivity contribution in [2.75, 3.05) is 13.1 Å². The molecule has 3 rings (SSSR count). The van der Waals surface area contributed by atoms with Crippen LogP contribution in [0.2, 0.25) is 0 Å². The molecule has 3 heterocycles. The summed E-state index contributed by atoms with van der Waals surface area (Å²) in [5.41, 5.74) is 2.18. The van der Waals surface area contributed by atoms with Crippen LogP contribution in [0.3, 0.4) is 0 Å². The fraction of sp³-hybridized carbons (Fsp3) is 0.400. The van der Waals surface area contributed by atoms with Gasteiger partial charge in [-0.15, -0.1) is 10.2 Å². The van der Waals surface area contributed by atoms with E-state index in [1.54, 1.807) is 0 Å². The van der Waals surface area contributed by atoms with E-state index in [0.717, 1.165) is 24.6 Å². The molecule has 72 valence electrons. The van der Waals surface area contributed by atoms with Gasteiger partial charge in [-0.2, -0.15) is 0 Å². The number of aromatic nitrogens is 3. The quantitative estimate of drug-likeness (QED) is 0.717. The molecule has 1 aliphatic heterocycles. The van der Waals surface area contributed by atoms with Crippen LogP contribution in [0.4, 0.5) is 0 Å². The molecule has 1 fully saturated rings. The Morgan fingerprint density at radius 1 is 1.43 bits per heavy atom. The second-order valence-corrected chi connectivity index (χ2v) is 3.85. The fourth-order valence-corrected chi connectivity index (χ4v) is 1.76. The smallest absolute Gasteiger partial charge is 0.161 e. The van der Waals surface area contributed by atoms with Crippen molar-refractivity contribution >= 4 is 5.65 Å². The number of fused-ring (bicyclic) bond motifs is 1. The molecular formula is C10H12N4. The van der Waals surface area contributed by atoms with Crippen molar-refractivity contribution in [2.45, 2.75) is 12.8 Å². The average Bonchev–Trinajstić information content (AvgIpc) is 2.45. The first-order valence-corrected chi connectivity index (χ1v) is 4.86. The first-order valence-electron chi connectivity index (χ1n) is 4.86. The highest BCUT2D eigenvalue weighted by atomic mass is 15.3. The van der Waals surface area contributed by atoms with Crippen LogP contribution in [0.1, 0.15) is 17.3 Å². The Morgan fingerprint density at radius 2 is 2.29 bits per heavy atom. The Hall–Kier alpha value is -1.42. The highest BCUT2D eigenvalue weighted by Gasteiger charge is 2.23. The van der Waals surface area contributed by atoms with E-state index in [9.17, 15) is 0 Å². The molecule has 1 aliphatic rings. The largest absolute Gasteiger partial charge is 0.315 e. The Labute approximate surface area is 82.0 Å². The molecule has 14 heavy (non-hydrogen) atoms. The van der Waals surface area contributed by atoms with Crippen LogP contribution in [0.25, 0.3) is 5.65 Å². The monoisotopic (exact) mass is 188 g/mol. The molecule has 0 unspecified atom stereocenters. The predicted molar refractivity (Wildman–Crippen MR) is 53.3 cm³/mol. The molecule has 4 heteroatoms. The van der Waals surface area contributed by atoms with Crippen LogP contribution < -0.4 is 5.32 Å². The molecule has 0 saturated carbocycles. The van der Waals surface area contributed by atoms with Crippen molar-refractivity contribution in [1.29, 1.82) is 0 Å². The normalized spacial score (nSPS) is 17.2. The van der Waals surface area contributed by atoms with E-state index in [-0.39, 0.29) is 0 Å². The Bertz CT molecular complexity index is 470. The van der Waals surface area contributed by atoms with Gasteiger partial charge in [-0.25, -0.2) is 0 Å². The third-order valence-electron chi connectivity index (χ3n) is 2.74. The molecule has 0 radical (unpaired) electrons. The standard InChI is InChI=1S/C10H12N4/c1-7-2-3-14-9(4-7)12-13-10(14)8-5-11-6-8/h2-4,8,11H,5-6H2,1H3. The Balaban J connectivity index is 2.16. The Kier molecular flexibility index (Phi) is 1.58. The van der Waals surface area contributed by atoms with Gasteiger partial charge >= 0.3 is 0 Å². The summed E-state index contributed by atoms with van der Waals surface area (Å²) in [6, 6.07) is 4.15. The van der Waals surface area contributed by atoms with E-state index in [1.807, 2.05) is 0 Å². The van der Waals surface area contributed by atoms with Gasteiger partial charge in [0.25, 0.3) is 0 Å². The van der Waals surface area contributed by atoms with Gasteiger partial charge in [-0.05, 0) is 24.6 Å². The second-order valence-electron chi connectivity index (χ2n) is 3.85. The van der Waals surface area contributed by atoms with Gasteiger partial charge in [-0.3, -0.25) is 4.40 Å². The molecule has 1 saturated heterocycles. The fourth-order valence-electron chi connectivity index (χ4n) is 1.76. The van der Waals surface area contributed by atoms with Crippen molar-refractivity contribution < 1.29 is 0 Å². The van der Waals surface area contributed by atoms with Crippen LogP contribution in [-0.4, -0.2) is 27.7 Å². The SMILES string of the molecule is Cc1ccn2c(C3CNC3)nnc2c1. The van der Waals surface area contributed by atoms with E-state index in [1.165, 1.54) is 5.56 Å². The highest BCUT2D eigenvalue weighted by molar-refractivity contribution is 5.41. The molecule has 0 atom stereocenters. The zero-order valence-corrected chi connectivity index (χ0v) is 8.07. The first-order chi connectivity index (χ1) is 6.84. The summed E-state index contributed by atoms with van der Waals surface area (Å²) >= 11 is 0. The lowest BCUT2D eigenvalue weighted by molar-refractivity contribution is 0.427. The van der Waals surface area contributed by atoms with Gasteiger partial charge in [0.15, 0.2) is 5.65 Å². The van der Waals surface area contributed by atoms with E-state index >= 15 is 0 Å². The van der Waals surface area contributed by atoms with Crippen molar-refractivity contribution in [3.8, 4) is 0 Å². The van der Waals surface area contributed by atoms with Gasteiger partial charge in [0.05, 0.1) is 0 Å². The van der Waals surface area contributed by atoms with Gasteiger partial charge < -0.3 is 5.32 Å². The molecular weight excluding hydrogens is 176 g/mol. The van der Waals surface area contributed by atoms with Crippen LogP contribution in [-0.2, 0) is 0 Å². The summed E-state index contributed by atoms with van der Waals surface area (Å²) < 4.78 is 2.08. The summed E-state index contributed by atoms with van der Waals surface area (Å²) in [6.07, 6.45) is 2.05. The lowest BCUT2D eigenvalue weighted by Gasteiger charge is -2.25. The van der Waals surface area contributed by atoms with Gasteiger partial charge in [0.1, 0.15) is 5.82 Å². The van der Waals surface area contributed by atoms with Crippen LogP contribution >= 0.6 is 0 Å². The summed E-state index contributed by atoms with van der Waals surface area (Å²) in [7, 11) is 0. The van der Waals surface area contributed by atoms with Crippen molar-refractivity contribution in [2.24, 2.45) is 0 Å². The summed E-state index contributed by atoms with van der Waals surface area (Å²) in [4.78, 5) is 0. The minimum absolute atomic E-state index is 0.535. The van der Waals surface area contributed by atoms with Crippen LogP contribution in [0.15, 0.2) is 18.3 Å². The van der Waals surface area contributed by atoms with Gasteiger partial charge in [-0.1, -0.05) is 0 Å². The van der Waals surface area contributed by atoms with Gasteiger partial charge in [0, 0.05) is 25.2 Å². The third-order valence-corrected chi connectivity index (χ3v) is 2.74. The predicted octanol–water partition coefficient (Wildman–Crippen LogP) is 0.725. The van der Waals surface area contributed by atoms with Crippen LogP contribution in [0.5, 0.6) is 0 Å². The minimum Gasteiger partial charge on any atom is -0.315 e. The maximum Gasteiger partial charge on any atom is 0.161 e. The van der Waals surface area contributed by atoms with E-state index in [2.05, 4.69) is 45.2 Å². The lowest BCUT2D eigenvalue weighted by atomic mass is 10.0. The molecule has 2 aromatic rings. The maximum atomic E-state index is 4.23. The number of pyridine rings is 1. The molecule has 0 amide bonds. The molecule has 0 aliphatic carbocycles. The summed E-state index contributed by atoms with van der Waals surface area (Å²) in [5.74, 6) is 1.62. The number of hydrogen-bond donors (Lipinski definition) is 1. The zero-order valence-electron chi connectivity index (χ0n) is 8.07. The number of hydrogen-bond acceptors (Lipinski definition) is 3. The molecule has 2 aromatic heterocycles. The zero-order chi connectivity index (χ0) is 9.54.